The minimum absolute atomic E-state index is 0.542. The molecule has 0 aliphatic carbocycles. The Hall–Kier alpha value is -2.93. The molecule has 0 fully saturated rings. The van der Waals surface area contributed by atoms with Crippen LogP contribution in [0, 0.1) is 0 Å². The Kier molecular flexibility index (Phi) is 9.32. The van der Waals surface area contributed by atoms with Crippen LogP contribution in [0.15, 0.2) is 47.5 Å². The minimum Gasteiger partial charge on any atom is -0.497 e. The van der Waals surface area contributed by atoms with Crippen LogP contribution in [-0.4, -0.2) is 46.0 Å². The van der Waals surface area contributed by atoms with E-state index in [1.54, 1.807) is 7.11 Å². The maximum atomic E-state index is 5.79. The largest absolute Gasteiger partial charge is 0.497 e. The number of nitrogens with zero attached hydrogens (tertiary/aromatic N) is 1. The highest BCUT2D eigenvalue weighted by atomic mass is 16.5. The number of benzene rings is 2. The van der Waals surface area contributed by atoms with E-state index >= 15 is 0 Å². The van der Waals surface area contributed by atoms with Gasteiger partial charge in [0.25, 0.3) is 0 Å². The fourth-order valence-corrected chi connectivity index (χ4v) is 3.11. The zero-order valence-corrected chi connectivity index (χ0v) is 18.5. The zero-order chi connectivity index (χ0) is 21.7. The number of methoxy groups -OCH3 is 1. The predicted molar refractivity (Wildman–Crippen MR) is 122 cm³/mol. The summed E-state index contributed by atoms with van der Waals surface area (Å²) in [5.41, 5.74) is 2.23. The van der Waals surface area contributed by atoms with Gasteiger partial charge in [-0.3, -0.25) is 0 Å². The molecule has 7 heteroatoms. The molecule has 0 radical (unpaired) electrons. The Labute approximate surface area is 184 Å². The highest BCUT2D eigenvalue weighted by Gasteiger charge is 2.10. The van der Waals surface area contributed by atoms with Crippen molar-refractivity contribution < 1.29 is 18.9 Å². The third kappa shape index (κ3) is 7.68. The van der Waals surface area contributed by atoms with Gasteiger partial charge in [0.1, 0.15) is 5.75 Å². The molecule has 0 saturated carbocycles. The number of hydrogen-bond acceptors (Lipinski definition) is 5. The van der Waals surface area contributed by atoms with Gasteiger partial charge in [-0.25, -0.2) is 4.99 Å². The molecule has 0 amide bonds. The van der Waals surface area contributed by atoms with E-state index in [-0.39, 0.29) is 0 Å². The number of nitrogens with one attached hydrogen (secondary N) is 2. The molecule has 7 nitrogen and oxygen atoms in total. The van der Waals surface area contributed by atoms with Crippen molar-refractivity contribution in [2.45, 2.75) is 32.9 Å². The highest BCUT2D eigenvalue weighted by Crippen LogP contribution is 2.30. The first kappa shape index (κ1) is 22.7. The minimum atomic E-state index is 0.542. The lowest BCUT2D eigenvalue weighted by Gasteiger charge is -2.14. The highest BCUT2D eigenvalue weighted by molar-refractivity contribution is 5.79. The quantitative estimate of drug-likeness (QED) is 0.343. The van der Waals surface area contributed by atoms with Crippen LogP contribution in [0.3, 0.4) is 0 Å². The molecule has 2 aromatic rings. The van der Waals surface area contributed by atoms with E-state index in [9.17, 15) is 0 Å². The summed E-state index contributed by atoms with van der Waals surface area (Å²) in [5, 5.41) is 6.80. The Morgan fingerprint density at radius 2 is 1.77 bits per heavy atom. The third-order valence-corrected chi connectivity index (χ3v) is 4.81. The second-order valence-corrected chi connectivity index (χ2v) is 7.18. The molecule has 168 valence electrons. The molecule has 0 spiro atoms. The molecule has 2 N–H and O–H groups in total. The first-order valence-electron chi connectivity index (χ1n) is 10.9. The molecule has 31 heavy (non-hydrogen) atoms. The van der Waals surface area contributed by atoms with E-state index < -0.39 is 0 Å². The number of rotatable bonds is 10. The predicted octanol–water partition coefficient (Wildman–Crippen LogP) is 3.52. The first-order chi connectivity index (χ1) is 15.3. The van der Waals surface area contributed by atoms with Crippen LogP contribution in [0.1, 0.15) is 30.9 Å². The van der Waals surface area contributed by atoms with E-state index in [0.717, 1.165) is 66.9 Å². The molecular formula is C24H33N3O4. The summed E-state index contributed by atoms with van der Waals surface area (Å²) in [6.07, 6.45) is 1.81. The van der Waals surface area contributed by atoms with Crippen LogP contribution < -0.4 is 24.8 Å². The average Bonchev–Trinajstić information content (AvgIpc) is 3.05. The summed E-state index contributed by atoms with van der Waals surface area (Å²) < 4.78 is 22.2. The van der Waals surface area contributed by atoms with Crippen molar-refractivity contribution in [3.05, 3.63) is 53.6 Å². The van der Waals surface area contributed by atoms with E-state index in [1.807, 2.05) is 49.4 Å². The number of ether oxygens (including phenoxy) is 4. The van der Waals surface area contributed by atoms with E-state index in [1.165, 1.54) is 0 Å². The Morgan fingerprint density at radius 1 is 1.00 bits per heavy atom. The maximum Gasteiger partial charge on any atom is 0.191 e. The van der Waals surface area contributed by atoms with Gasteiger partial charge >= 0.3 is 0 Å². The molecule has 2 aromatic carbocycles. The lowest BCUT2D eigenvalue weighted by Crippen LogP contribution is -2.37. The molecule has 0 saturated heterocycles. The maximum absolute atomic E-state index is 5.79. The summed E-state index contributed by atoms with van der Waals surface area (Å²) in [6, 6.07) is 14.0. The second-order valence-electron chi connectivity index (χ2n) is 7.18. The topological polar surface area (TPSA) is 73.3 Å². The molecule has 1 aliphatic heterocycles. The normalized spacial score (nSPS) is 13.4. The van der Waals surface area contributed by atoms with Crippen molar-refractivity contribution in [3.63, 3.8) is 0 Å². The van der Waals surface area contributed by atoms with Gasteiger partial charge < -0.3 is 29.6 Å². The number of hydrogen-bond donors (Lipinski definition) is 2. The molecular weight excluding hydrogens is 394 g/mol. The SMILES string of the molecule is CCOCCCNC(=NCc1ccc2c(c1)OCCCO2)NCc1ccc(OC)cc1. The van der Waals surface area contributed by atoms with Crippen molar-refractivity contribution in [2.75, 3.05) is 40.1 Å². The van der Waals surface area contributed by atoms with Crippen molar-refractivity contribution in [1.29, 1.82) is 0 Å². The Bertz CT molecular complexity index is 824. The van der Waals surface area contributed by atoms with Crippen molar-refractivity contribution in [3.8, 4) is 17.2 Å². The molecule has 1 aliphatic rings. The summed E-state index contributed by atoms with van der Waals surface area (Å²) in [7, 11) is 1.67. The molecule has 0 bridgehead atoms. The van der Waals surface area contributed by atoms with Crippen LogP contribution in [-0.2, 0) is 17.8 Å². The first-order valence-corrected chi connectivity index (χ1v) is 10.9. The van der Waals surface area contributed by atoms with Crippen LogP contribution >= 0.6 is 0 Å². The molecule has 1 heterocycles. The van der Waals surface area contributed by atoms with Crippen LogP contribution in [0.4, 0.5) is 0 Å². The van der Waals surface area contributed by atoms with Gasteiger partial charge in [-0.2, -0.15) is 0 Å². The summed E-state index contributed by atoms with van der Waals surface area (Å²) >= 11 is 0. The summed E-state index contributed by atoms with van der Waals surface area (Å²) in [5.74, 6) is 3.21. The van der Waals surface area contributed by atoms with Crippen molar-refractivity contribution >= 4 is 5.96 Å². The van der Waals surface area contributed by atoms with E-state index in [4.69, 9.17) is 23.9 Å². The Morgan fingerprint density at radius 3 is 2.55 bits per heavy atom. The van der Waals surface area contributed by atoms with Gasteiger partial charge in [0, 0.05) is 32.7 Å². The fraction of sp³-hybridized carbons (Fsp3) is 0.458. The van der Waals surface area contributed by atoms with Crippen LogP contribution in [0.2, 0.25) is 0 Å². The number of guanidine groups is 1. The van der Waals surface area contributed by atoms with Crippen LogP contribution in [0.25, 0.3) is 0 Å². The Balaban J connectivity index is 1.61. The molecule has 0 unspecified atom stereocenters. The van der Waals surface area contributed by atoms with E-state index in [2.05, 4.69) is 10.6 Å². The zero-order valence-electron chi connectivity index (χ0n) is 18.5. The van der Waals surface area contributed by atoms with Crippen molar-refractivity contribution in [1.82, 2.24) is 10.6 Å². The monoisotopic (exact) mass is 427 g/mol. The lowest BCUT2D eigenvalue weighted by molar-refractivity contribution is 0.145. The third-order valence-electron chi connectivity index (χ3n) is 4.81. The van der Waals surface area contributed by atoms with Gasteiger partial charge in [0.05, 0.1) is 26.9 Å². The fourth-order valence-electron chi connectivity index (χ4n) is 3.11. The summed E-state index contributed by atoms with van der Waals surface area (Å²) in [4.78, 5) is 4.77. The number of aliphatic imine (C=N–C) groups is 1. The van der Waals surface area contributed by atoms with Gasteiger partial charge in [0.2, 0.25) is 0 Å². The van der Waals surface area contributed by atoms with Gasteiger partial charge in [-0.1, -0.05) is 18.2 Å². The van der Waals surface area contributed by atoms with Gasteiger partial charge in [0.15, 0.2) is 17.5 Å². The molecule has 0 aromatic heterocycles. The van der Waals surface area contributed by atoms with Crippen LogP contribution in [0.5, 0.6) is 17.2 Å². The van der Waals surface area contributed by atoms with Crippen molar-refractivity contribution in [2.24, 2.45) is 4.99 Å². The molecule has 3 rings (SSSR count). The molecule has 0 atom stereocenters. The standard InChI is InChI=1S/C24H33N3O4/c1-3-29-13-4-12-25-24(26-17-19-6-9-21(28-2)10-7-19)27-18-20-8-11-22-23(16-20)31-15-5-14-30-22/h6-11,16H,3-5,12-15,17-18H2,1-2H3,(H2,25,26,27). The van der Waals surface area contributed by atoms with E-state index in [0.29, 0.717) is 26.3 Å². The average molecular weight is 428 g/mol. The van der Waals surface area contributed by atoms with Gasteiger partial charge in [-0.05, 0) is 48.7 Å². The summed E-state index contributed by atoms with van der Waals surface area (Å²) in [6.45, 7) is 6.84. The lowest BCUT2D eigenvalue weighted by atomic mass is 10.2. The second kappa shape index (κ2) is 12.7. The number of fused-ring (bicyclic) bond motifs is 1. The smallest absolute Gasteiger partial charge is 0.191 e. The van der Waals surface area contributed by atoms with Gasteiger partial charge in [-0.15, -0.1) is 0 Å².